The van der Waals surface area contributed by atoms with Crippen molar-refractivity contribution in [3.8, 4) is 0 Å². The van der Waals surface area contributed by atoms with Gasteiger partial charge in [-0.15, -0.1) is 0 Å². The van der Waals surface area contributed by atoms with Crippen LogP contribution in [0.4, 0.5) is 5.69 Å². The molecule has 2 aromatic rings. The molecule has 0 bridgehead atoms. The van der Waals surface area contributed by atoms with E-state index in [4.69, 9.17) is 9.47 Å². The van der Waals surface area contributed by atoms with Gasteiger partial charge in [-0.2, -0.15) is 0 Å². The molecule has 2 aliphatic heterocycles. The molecule has 1 aromatic carbocycles. The molecule has 3 heterocycles. The third-order valence-electron chi connectivity index (χ3n) is 4.92. The predicted molar refractivity (Wildman–Crippen MR) is 89.3 cm³/mol. The minimum absolute atomic E-state index is 0.0224. The number of amides is 1. The number of fused-ring (bicyclic) bond motifs is 1. The Morgan fingerprint density at radius 2 is 1.96 bits per heavy atom. The van der Waals surface area contributed by atoms with E-state index in [1.807, 2.05) is 0 Å². The lowest BCUT2D eigenvalue weighted by Gasteiger charge is -2.33. The fourth-order valence-electron chi connectivity index (χ4n) is 3.60. The number of piperidine rings is 1. The maximum absolute atomic E-state index is 12.7. The molecule has 4 rings (SSSR count). The number of nitrogens with zero attached hydrogens (tertiary/aromatic N) is 2. The van der Waals surface area contributed by atoms with E-state index in [-0.39, 0.29) is 17.9 Å². The van der Waals surface area contributed by atoms with Gasteiger partial charge in [0.15, 0.2) is 6.29 Å². The largest absolute Gasteiger partial charge is 0.350 e. The number of aromatic amines is 1. The smallest absolute Gasteiger partial charge is 0.293 e. The SMILES string of the molecule is O=C(c1cc2cccc([N+](=O)[O-])c2[nH]1)N1CCC(C2OCCO2)CC1. The molecule has 0 aliphatic carbocycles. The first-order valence-electron chi connectivity index (χ1n) is 8.42. The molecule has 0 spiro atoms. The van der Waals surface area contributed by atoms with Gasteiger partial charge in [-0.3, -0.25) is 14.9 Å². The molecule has 0 saturated carbocycles. The zero-order valence-electron chi connectivity index (χ0n) is 13.6. The van der Waals surface area contributed by atoms with Crippen LogP contribution >= 0.6 is 0 Å². The van der Waals surface area contributed by atoms with Crippen molar-refractivity contribution in [1.82, 2.24) is 9.88 Å². The summed E-state index contributed by atoms with van der Waals surface area (Å²) in [6.07, 6.45) is 1.51. The number of benzene rings is 1. The van der Waals surface area contributed by atoms with E-state index in [9.17, 15) is 14.9 Å². The first-order chi connectivity index (χ1) is 12.1. The van der Waals surface area contributed by atoms with Gasteiger partial charge in [0, 0.05) is 30.5 Å². The Hall–Kier alpha value is -2.45. The van der Waals surface area contributed by atoms with Gasteiger partial charge >= 0.3 is 0 Å². The topological polar surface area (TPSA) is 97.7 Å². The standard InChI is InChI=1S/C17H19N3O5/c21-16(19-6-4-11(5-7-19)17-24-8-9-25-17)13-10-12-2-1-3-14(20(22)23)15(12)18-13/h1-3,10-11,17-18H,4-9H2. The number of nitrogens with one attached hydrogen (secondary N) is 1. The Bertz CT molecular complexity index is 804. The first-order valence-corrected chi connectivity index (χ1v) is 8.42. The molecule has 2 fully saturated rings. The van der Waals surface area contributed by atoms with E-state index >= 15 is 0 Å². The molecule has 0 radical (unpaired) electrons. The number of H-pyrrole nitrogens is 1. The van der Waals surface area contributed by atoms with E-state index in [0.717, 1.165) is 12.8 Å². The lowest BCUT2D eigenvalue weighted by atomic mass is 9.96. The van der Waals surface area contributed by atoms with Gasteiger partial charge in [0.05, 0.1) is 18.1 Å². The highest BCUT2D eigenvalue weighted by Gasteiger charge is 2.32. The number of nitro benzene ring substituents is 1. The third kappa shape index (κ3) is 2.98. The highest BCUT2D eigenvalue weighted by molar-refractivity contribution is 6.00. The van der Waals surface area contributed by atoms with Crippen LogP contribution in [0.5, 0.6) is 0 Å². The van der Waals surface area contributed by atoms with Crippen molar-refractivity contribution in [2.24, 2.45) is 5.92 Å². The van der Waals surface area contributed by atoms with E-state index < -0.39 is 4.92 Å². The van der Waals surface area contributed by atoms with Crippen LogP contribution < -0.4 is 0 Å². The van der Waals surface area contributed by atoms with Gasteiger partial charge in [-0.1, -0.05) is 12.1 Å². The second-order valence-electron chi connectivity index (χ2n) is 6.42. The second-order valence-corrected chi connectivity index (χ2v) is 6.42. The van der Waals surface area contributed by atoms with Crippen molar-refractivity contribution in [2.75, 3.05) is 26.3 Å². The van der Waals surface area contributed by atoms with Crippen molar-refractivity contribution in [2.45, 2.75) is 19.1 Å². The molecule has 8 heteroatoms. The summed E-state index contributed by atoms with van der Waals surface area (Å²) in [5, 5.41) is 11.8. The van der Waals surface area contributed by atoms with Crippen LogP contribution in [0.25, 0.3) is 10.9 Å². The maximum Gasteiger partial charge on any atom is 0.293 e. The van der Waals surface area contributed by atoms with Gasteiger partial charge in [0.25, 0.3) is 11.6 Å². The number of carbonyl (C=O) groups is 1. The number of non-ortho nitro benzene ring substituents is 1. The number of para-hydroxylation sites is 1. The molecule has 8 nitrogen and oxygen atoms in total. The summed E-state index contributed by atoms with van der Waals surface area (Å²) < 4.78 is 11.1. The third-order valence-corrected chi connectivity index (χ3v) is 4.92. The van der Waals surface area contributed by atoms with Gasteiger partial charge in [-0.05, 0) is 18.9 Å². The van der Waals surface area contributed by atoms with Gasteiger partial charge in [0.2, 0.25) is 0 Å². The van der Waals surface area contributed by atoms with Crippen molar-refractivity contribution in [3.05, 3.63) is 40.1 Å². The second kappa shape index (κ2) is 6.45. The maximum atomic E-state index is 12.7. The van der Waals surface area contributed by atoms with Gasteiger partial charge in [0.1, 0.15) is 11.2 Å². The summed E-state index contributed by atoms with van der Waals surface area (Å²) in [6.45, 7) is 2.53. The average Bonchev–Trinajstić information content (AvgIpc) is 3.30. The van der Waals surface area contributed by atoms with E-state index in [2.05, 4.69) is 4.98 Å². The van der Waals surface area contributed by atoms with Crippen LogP contribution in [0.1, 0.15) is 23.3 Å². The monoisotopic (exact) mass is 345 g/mol. The average molecular weight is 345 g/mol. The van der Waals surface area contributed by atoms with Crippen LogP contribution in [-0.4, -0.2) is 53.3 Å². The lowest BCUT2D eigenvalue weighted by Crippen LogP contribution is -2.41. The van der Waals surface area contributed by atoms with Crippen LogP contribution in [0, 0.1) is 16.0 Å². The zero-order valence-corrected chi connectivity index (χ0v) is 13.6. The molecule has 25 heavy (non-hydrogen) atoms. The van der Waals surface area contributed by atoms with Crippen molar-refractivity contribution in [1.29, 1.82) is 0 Å². The normalized spacial score (nSPS) is 19.6. The number of rotatable bonds is 3. The number of nitro groups is 1. The summed E-state index contributed by atoms with van der Waals surface area (Å²) in [6, 6.07) is 6.49. The van der Waals surface area contributed by atoms with Crippen LogP contribution in [0.15, 0.2) is 24.3 Å². The fourth-order valence-corrected chi connectivity index (χ4v) is 3.60. The molecular formula is C17H19N3O5. The Kier molecular flexibility index (Phi) is 4.14. The first kappa shape index (κ1) is 16.0. The number of hydrogen-bond donors (Lipinski definition) is 1. The fraction of sp³-hybridized carbons (Fsp3) is 0.471. The molecule has 1 amide bonds. The lowest BCUT2D eigenvalue weighted by molar-refractivity contribution is -0.383. The molecule has 1 N–H and O–H groups in total. The molecule has 2 aliphatic rings. The number of likely N-dealkylation sites (tertiary alicyclic amines) is 1. The van der Waals surface area contributed by atoms with E-state index in [1.165, 1.54) is 6.07 Å². The number of ether oxygens (including phenoxy) is 2. The summed E-state index contributed by atoms with van der Waals surface area (Å²) in [4.78, 5) is 28.1. The molecule has 2 saturated heterocycles. The van der Waals surface area contributed by atoms with Crippen molar-refractivity contribution in [3.63, 3.8) is 0 Å². The quantitative estimate of drug-likeness (QED) is 0.680. The predicted octanol–water partition coefficient (Wildman–Crippen LogP) is 2.30. The highest BCUT2D eigenvalue weighted by atomic mass is 16.7. The van der Waals surface area contributed by atoms with Crippen LogP contribution in [0.3, 0.4) is 0 Å². The molecule has 0 atom stereocenters. The van der Waals surface area contributed by atoms with Crippen molar-refractivity contribution >= 4 is 22.5 Å². The molecule has 0 unspecified atom stereocenters. The number of aromatic nitrogens is 1. The van der Waals surface area contributed by atoms with E-state index in [0.29, 0.717) is 48.8 Å². The zero-order chi connectivity index (χ0) is 17.4. The Labute approximate surface area is 143 Å². The van der Waals surface area contributed by atoms with Crippen LogP contribution in [0.2, 0.25) is 0 Å². The Morgan fingerprint density at radius 1 is 1.24 bits per heavy atom. The highest BCUT2D eigenvalue weighted by Crippen LogP contribution is 2.28. The van der Waals surface area contributed by atoms with E-state index in [1.54, 1.807) is 23.1 Å². The Morgan fingerprint density at radius 3 is 2.64 bits per heavy atom. The number of hydrogen-bond acceptors (Lipinski definition) is 5. The van der Waals surface area contributed by atoms with Gasteiger partial charge in [-0.25, -0.2) is 0 Å². The Balaban J connectivity index is 1.49. The van der Waals surface area contributed by atoms with Crippen molar-refractivity contribution < 1.29 is 19.2 Å². The molecule has 132 valence electrons. The minimum Gasteiger partial charge on any atom is -0.350 e. The molecular weight excluding hydrogens is 326 g/mol. The minimum atomic E-state index is -0.444. The summed E-state index contributed by atoms with van der Waals surface area (Å²) in [7, 11) is 0. The summed E-state index contributed by atoms with van der Waals surface area (Å²) in [5.74, 6) is 0.188. The van der Waals surface area contributed by atoms with Crippen LogP contribution in [-0.2, 0) is 9.47 Å². The number of carbonyl (C=O) groups excluding carboxylic acids is 1. The summed E-state index contributed by atoms with van der Waals surface area (Å²) in [5.41, 5.74) is 0.750. The van der Waals surface area contributed by atoms with Gasteiger partial charge < -0.3 is 19.4 Å². The molecule has 1 aromatic heterocycles. The summed E-state index contributed by atoms with van der Waals surface area (Å²) >= 11 is 0.